The van der Waals surface area contributed by atoms with E-state index >= 15 is 0 Å². The second kappa shape index (κ2) is 4.33. The molecule has 94 valence electrons. The second-order valence-electron chi connectivity index (χ2n) is 6.58. The van der Waals surface area contributed by atoms with Crippen molar-refractivity contribution in [3.05, 3.63) is 0 Å². The third kappa shape index (κ3) is 2.46. The predicted octanol–water partition coefficient (Wildman–Crippen LogP) is 2.76. The molecule has 3 heteroatoms. The Morgan fingerprint density at radius 1 is 1.35 bits per heavy atom. The van der Waals surface area contributed by atoms with E-state index in [1.54, 1.807) is 0 Å². The first-order valence-corrected chi connectivity index (χ1v) is 6.48. The Labute approximate surface area is 103 Å². The summed E-state index contributed by atoms with van der Waals surface area (Å²) >= 11 is 0. The van der Waals surface area contributed by atoms with Gasteiger partial charge >= 0.3 is 5.97 Å². The summed E-state index contributed by atoms with van der Waals surface area (Å²) in [5.74, 6) is 1.66. The number of rotatable bonds is 2. The van der Waals surface area contributed by atoms with E-state index in [-0.39, 0.29) is 11.9 Å². The molecule has 2 bridgehead atoms. The van der Waals surface area contributed by atoms with Gasteiger partial charge in [-0.2, -0.15) is 5.26 Å². The van der Waals surface area contributed by atoms with Gasteiger partial charge in [-0.05, 0) is 57.8 Å². The Kier molecular flexibility index (Phi) is 3.16. The summed E-state index contributed by atoms with van der Waals surface area (Å²) in [5, 5.41) is 9.05. The van der Waals surface area contributed by atoms with Crippen LogP contribution in [0.25, 0.3) is 0 Å². The zero-order valence-electron chi connectivity index (χ0n) is 10.9. The van der Waals surface area contributed by atoms with Gasteiger partial charge < -0.3 is 4.74 Å². The van der Waals surface area contributed by atoms with E-state index in [2.05, 4.69) is 6.07 Å². The van der Waals surface area contributed by atoms with Crippen molar-refractivity contribution >= 4 is 5.97 Å². The van der Waals surface area contributed by atoms with E-state index in [1.807, 2.05) is 20.8 Å². The minimum atomic E-state index is -0.424. The first-order valence-electron chi connectivity index (χ1n) is 6.48. The fraction of sp³-hybridized carbons (Fsp3) is 0.857. The molecule has 4 atom stereocenters. The maximum Gasteiger partial charge on any atom is 0.311 e. The molecule has 2 fully saturated rings. The molecule has 17 heavy (non-hydrogen) atoms. The lowest BCUT2D eigenvalue weighted by atomic mass is 9.82. The normalized spacial score (nSPS) is 35.6. The lowest BCUT2D eigenvalue weighted by Crippen LogP contribution is -2.29. The highest BCUT2D eigenvalue weighted by molar-refractivity contribution is 5.75. The first-order chi connectivity index (χ1) is 7.91. The topological polar surface area (TPSA) is 50.1 Å². The zero-order valence-corrected chi connectivity index (χ0v) is 10.9. The number of carbonyl (C=O) groups excluding carboxylic acids is 1. The van der Waals surface area contributed by atoms with Gasteiger partial charge in [0.15, 0.2) is 0 Å². The van der Waals surface area contributed by atoms with Crippen LogP contribution < -0.4 is 0 Å². The van der Waals surface area contributed by atoms with Crippen molar-refractivity contribution in [2.45, 2.75) is 40.0 Å². The van der Waals surface area contributed by atoms with E-state index in [1.165, 1.54) is 0 Å². The summed E-state index contributed by atoms with van der Waals surface area (Å²) in [4.78, 5) is 11.7. The van der Waals surface area contributed by atoms with Crippen molar-refractivity contribution in [3.8, 4) is 6.07 Å². The van der Waals surface area contributed by atoms with E-state index in [0.717, 1.165) is 19.3 Å². The summed E-state index contributed by atoms with van der Waals surface area (Å²) in [7, 11) is 0. The number of nitrogens with zero attached hydrogens (tertiary/aromatic N) is 1. The summed E-state index contributed by atoms with van der Waals surface area (Å²) in [6, 6.07) is 2.40. The third-order valence-electron chi connectivity index (χ3n) is 4.16. The largest absolute Gasteiger partial charge is 0.465 e. The minimum absolute atomic E-state index is 0.131. The highest BCUT2D eigenvalue weighted by Gasteiger charge is 2.46. The Bertz CT molecular complexity index is 350. The van der Waals surface area contributed by atoms with Crippen LogP contribution in [0.5, 0.6) is 0 Å². The summed E-state index contributed by atoms with van der Waals surface area (Å²) in [5.41, 5.74) is -0.424. The average molecular weight is 235 g/mol. The van der Waals surface area contributed by atoms with Gasteiger partial charge in [0, 0.05) is 5.92 Å². The molecule has 0 heterocycles. The van der Waals surface area contributed by atoms with Crippen molar-refractivity contribution in [3.63, 3.8) is 0 Å². The fourth-order valence-corrected chi connectivity index (χ4v) is 3.23. The molecule has 0 spiro atoms. The molecule has 2 rings (SSSR count). The van der Waals surface area contributed by atoms with Gasteiger partial charge in [-0.25, -0.2) is 0 Å². The molecule has 0 radical (unpaired) electrons. The first kappa shape index (κ1) is 12.4. The lowest BCUT2D eigenvalue weighted by molar-refractivity contribution is -0.155. The standard InChI is InChI=1S/C14H21NO2/c1-14(2,3)13(16)17-8-11-5-9-4-10(7-15)12(11)6-9/h9-12H,4-6,8H2,1-3H3. The SMILES string of the molecule is CC(C)(C)C(=O)OCC1CC2CC(C#N)C1C2. The second-order valence-corrected chi connectivity index (χ2v) is 6.58. The Morgan fingerprint density at radius 3 is 2.59 bits per heavy atom. The average Bonchev–Trinajstić information content (AvgIpc) is 2.82. The minimum Gasteiger partial charge on any atom is -0.465 e. The van der Waals surface area contributed by atoms with E-state index in [0.29, 0.717) is 24.4 Å². The van der Waals surface area contributed by atoms with Gasteiger partial charge in [-0.15, -0.1) is 0 Å². The van der Waals surface area contributed by atoms with Crippen molar-refractivity contribution in [2.75, 3.05) is 6.61 Å². The number of fused-ring (bicyclic) bond motifs is 2. The molecule has 0 aromatic heterocycles. The Balaban J connectivity index is 1.86. The van der Waals surface area contributed by atoms with Gasteiger partial charge in [0.05, 0.1) is 18.1 Å². The van der Waals surface area contributed by atoms with Crippen molar-refractivity contribution in [1.82, 2.24) is 0 Å². The van der Waals surface area contributed by atoms with E-state index < -0.39 is 5.41 Å². The van der Waals surface area contributed by atoms with Gasteiger partial charge in [-0.3, -0.25) is 4.79 Å². The summed E-state index contributed by atoms with van der Waals surface area (Å²) in [6.07, 6.45) is 3.36. The molecular formula is C14H21NO2. The molecule has 2 aliphatic carbocycles. The number of esters is 1. The predicted molar refractivity (Wildman–Crippen MR) is 63.8 cm³/mol. The van der Waals surface area contributed by atoms with Crippen LogP contribution in [0, 0.1) is 40.4 Å². The smallest absolute Gasteiger partial charge is 0.311 e. The molecule has 0 aliphatic heterocycles. The van der Waals surface area contributed by atoms with Gasteiger partial charge in [0.1, 0.15) is 0 Å². The number of ether oxygens (including phenoxy) is 1. The number of nitriles is 1. The lowest BCUT2D eigenvalue weighted by Gasteiger charge is -2.26. The summed E-state index contributed by atoms with van der Waals surface area (Å²) < 4.78 is 5.39. The molecule has 0 aromatic carbocycles. The molecule has 0 aromatic rings. The van der Waals surface area contributed by atoms with Crippen LogP contribution in [0.3, 0.4) is 0 Å². The number of hydrogen-bond acceptors (Lipinski definition) is 3. The van der Waals surface area contributed by atoms with Gasteiger partial charge in [0.25, 0.3) is 0 Å². The zero-order chi connectivity index (χ0) is 12.6. The highest BCUT2D eigenvalue weighted by atomic mass is 16.5. The van der Waals surface area contributed by atoms with Crippen LogP contribution in [0.1, 0.15) is 40.0 Å². The Morgan fingerprint density at radius 2 is 2.06 bits per heavy atom. The van der Waals surface area contributed by atoms with Crippen LogP contribution in [-0.4, -0.2) is 12.6 Å². The molecule has 2 saturated carbocycles. The van der Waals surface area contributed by atoms with Crippen LogP contribution in [0.15, 0.2) is 0 Å². The molecule has 0 amide bonds. The van der Waals surface area contributed by atoms with Crippen molar-refractivity contribution in [1.29, 1.82) is 5.26 Å². The van der Waals surface area contributed by atoms with Crippen LogP contribution in [-0.2, 0) is 9.53 Å². The number of hydrogen-bond donors (Lipinski definition) is 0. The summed E-state index contributed by atoms with van der Waals surface area (Å²) in [6.45, 7) is 6.12. The quantitative estimate of drug-likeness (QED) is 0.691. The van der Waals surface area contributed by atoms with Gasteiger partial charge in [-0.1, -0.05) is 0 Å². The molecule has 2 aliphatic rings. The van der Waals surface area contributed by atoms with Crippen LogP contribution in [0.2, 0.25) is 0 Å². The molecule has 4 unspecified atom stereocenters. The monoisotopic (exact) mass is 235 g/mol. The molecule has 0 saturated heterocycles. The van der Waals surface area contributed by atoms with Crippen LogP contribution in [0.4, 0.5) is 0 Å². The van der Waals surface area contributed by atoms with Crippen molar-refractivity contribution in [2.24, 2.45) is 29.1 Å². The maximum absolute atomic E-state index is 11.7. The fourth-order valence-electron chi connectivity index (χ4n) is 3.23. The third-order valence-corrected chi connectivity index (χ3v) is 4.16. The van der Waals surface area contributed by atoms with Gasteiger partial charge in [0.2, 0.25) is 0 Å². The van der Waals surface area contributed by atoms with E-state index in [9.17, 15) is 4.79 Å². The van der Waals surface area contributed by atoms with Crippen LogP contribution >= 0.6 is 0 Å². The van der Waals surface area contributed by atoms with E-state index in [4.69, 9.17) is 10.00 Å². The molecular weight excluding hydrogens is 214 g/mol. The number of carbonyl (C=O) groups is 1. The maximum atomic E-state index is 11.7. The molecule has 3 nitrogen and oxygen atoms in total. The van der Waals surface area contributed by atoms with Crippen molar-refractivity contribution < 1.29 is 9.53 Å². The molecule has 0 N–H and O–H groups in total. The Hall–Kier alpha value is -1.04. The highest BCUT2D eigenvalue weighted by Crippen LogP contribution is 2.51.